The highest BCUT2D eigenvalue weighted by molar-refractivity contribution is 6.19. The van der Waals surface area contributed by atoms with E-state index in [4.69, 9.17) is 17.3 Å². The Balaban J connectivity index is 5.68. The fourth-order valence-electron chi connectivity index (χ4n) is 1.32. The zero-order valence-electron chi connectivity index (χ0n) is 11.1. The Kier molecular flexibility index (Phi) is 7.98. The number of hydrogen-bond donors (Lipinski definition) is 2. The zero-order valence-corrected chi connectivity index (χ0v) is 11.9. The number of esters is 1. The number of nitrogens with zero attached hydrogens (tertiary/aromatic N) is 1. The lowest BCUT2D eigenvalue weighted by Gasteiger charge is -2.18. The molecule has 0 aromatic heterocycles. The van der Waals surface area contributed by atoms with Crippen LogP contribution < -0.4 is 11.1 Å². The number of ether oxygens (including phenoxy) is 1. The number of carbonyl (C=O) groups excluding carboxylic acids is 4. The first-order valence-electron chi connectivity index (χ1n) is 5.50. The van der Waals surface area contributed by atoms with Crippen LogP contribution >= 0.6 is 11.6 Å². The van der Waals surface area contributed by atoms with Crippen molar-refractivity contribution in [3.05, 3.63) is 11.3 Å². The number of nitrogens with one attached hydrogen (secondary N) is 1. The van der Waals surface area contributed by atoms with Gasteiger partial charge in [0.15, 0.2) is 0 Å². The summed E-state index contributed by atoms with van der Waals surface area (Å²) in [6.07, 6.45) is -0.250. The first kappa shape index (κ1) is 17.9. The van der Waals surface area contributed by atoms with E-state index in [9.17, 15) is 19.2 Å². The highest BCUT2D eigenvalue weighted by atomic mass is 35.5. The van der Waals surface area contributed by atoms with E-state index >= 15 is 0 Å². The molecule has 0 aliphatic heterocycles. The van der Waals surface area contributed by atoms with E-state index in [1.165, 1.54) is 7.05 Å². The third-order valence-electron chi connectivity index (χ3n) is 2.26. The van der Waals surface area contributed by atoms with Crippen molar-refractivity contribution in [3.63, 3.8) is 0 Å². The summed E-state index contributed by atoms with van der Waals surface area (Å²) in [7, 11) is 2.48. The van der Waals surface area contributed by atoms with Crippen molar-refractivity contribution in [1.82, 2.24) is 10.2 Å². The molecule has 0 rings (SSSR count). The van der Waals surface area contributed by atoms with Gasteiger partial charge in [-0.2, -0.15) is 0 Å². The topological polar surface area (TPSA) is 119 Å². The highest BCUT2D eigenvalue weighted by Gasteiger charge is 2.27. The molecule has 0 atom stereocenters. The predicted octanol–water partition coefficient (Wildman–Crippen LogP) is -1.27. The Bertz CT molecular complexity index is 436. The quantitative estimate of drug-likeness (QED) is 0.145. The summed E-state index contributed by atoms with van der Waals surface area (Å²) >= 11 is 5.51. The Labute approximate surface area is 120 Å². The molecule has 9 heteroatoms. The maximum atomic E-state index is 12.1. The van der Waals surface area contributed by atoms with E-state index in [0.29, 0.717) is 0 Å². The fraction of sp³-hybridized carbons (Fsp3) is 0.455. The van der Waals surface area contributed by atoms with E-state index in [2.05, 4.69) is 10.1 Å². The van der Waals surface area contributed by atoms with Crippen molar-refractivity contribution in [3.8, 4) is 0 Å². The SMILES string of the molecule is COC(=O)/C(C(=O)N(C)CCCl)=C(\CC(N)=O)NC=O. The largest absolute Gasteiger partial charge is 0.465 e. The maximum absolute atomic E-state index is 12.1. The lowest BCUT2D eigenvalue weighted by molar-refractivity contribution is -0.139. The van der Waals surface area contributed by atoms with Crippen molar-refractivity contribution >= 4 is 35.8 Å². The molecule has 0 bridgehead atoms. The number of carbonyl (C=O) groups is 4. The summed E-state index contributed by atoms with van der Waals surface area (Å²) < 4.78 is 4.49. The van der Waals surface area contributed by atoms with Crippen LogP contribution in [0.25, 0.3) is 0 Å². The molecule has 3 amide bonds. The van der Waals surface area contributed by atoms with Gasteiger partial charge in [-0.15, -0.1) is 11.6 Å². The molecule has 0 radical (unpaired) electrons. The normalized spacial score (nSPS) is 11.2. The molecule has 0 saturated heterocycles. The number of primary amides is 1. The Morgan fingerprint density at radius 3 is 2.40 bits per heavy atom. The van der Waals surface area contributed by atoms with E-state index < -0.39 is 29.8 Å². The van der Waals surface area contributed by atoms with Gasteiger partial charge >= 0.3 is 5.97 Å². The minimum Gasteiger partial charge on any atom is -0.465 e. The molecule has 8 nitrogen and oxygen atoms in total. The van der Waals surface area contributed by atoms with Crippen LogP contribution in [0.5, 0.6) is 0 Å². The molecule has 0 aliphatic rings. The predicted molar refractivity (Wildman–Crippen MR) is 70.4 cm³/mol. The van der Waals surface area contributed by atoms with Gasteiger partial charge in [0.2, 0.25) is 12.3 Å². The second kappa shape index (κ2) is 8.92. The molecule has 0 unspecified atom stereocenters. The number of halogens is 1. The summed E-state index contributed by atoms with van der Waals surface area (Å²) in [5.41, 5.74) is 4.33. The van der Waals surface area contributed by atoms with E-state index in [1.807, 2.05) is 0 Å². The van der Waals surface area contributed by atoms with Crippen molar-refractivity contribution in [1.29, 1.82) is 0 Å². The molecular weight excluding hydrogens is 290 g/mol. The minimum absolute atomic E-state index is 0.156. The van der Waals surface area contributed by atoms with Crippen LogP contribution in [0.3, 0.4) is 0 Å². The molecule has 0 saturated carbocycles. The number of rotatable bonds is 8. The van der Waals surface area contributed by atoms with Gasteiger partial charge in [-0.25, -0.2) is 4.79 Å². The van der Waals surface area contributed by atoms with Gasteiger partial charge < -0.3 is 20.7 Å². The monoisotopic (exact) mass is 305 g/mol. The van der Waals surface area contributed by atoms with Crippen molar-refractivity contribution < 1.29 is 23.9 Å². The van der Waals surface area contributed by atoms with Gasteiger partial charge in [-0.3, -0.25) is 14.4 Å². The number of likely N-dealkylation sites (N-methyl/N-ethyl adjacent to an activating group) is 1. The number of amides is 3. The first-order valence-corrected chi connectivity index (χ1v) is 6.03. The van der Waals surface area contributed by atoms with Crippen molar-refractivity contribution in [2.45, 2.75) is 6.42 Å². The number of alkyl halides is 1. The Morgan fingerprint density at radius 1 is 1.40 bits per heavy atom. The van der Waals surface area contributed by atoms with Gasteiger partial charge in [0, 0.05) is 25.2 Å². The molecule has 20 heavy (non-hydrogen) atoms. The summed E-state index contributed by atoms with van der Waals surface area (Å²) in [6.45, 7) is 0.172. The molecule has 0 aromatic rings. The van der Waals surface area contributed by atoms with Crippen LogP contribution in [0.1, 0.15) is 6.42 Å². The van der Waals surface area contributed by atoms with Crippen LogP contribution in [0.2, 0.25) is 0 Å². The van der Waals surface area contributed by atoms with E-state index in [1.54, 1.807) is 0 Å². The highest BCUT2D eigenvalue weighted by Crippen LogP contribution is 2.11. The zero-order chi connectivity index (χ0) is 15.7. The van der Waals surface area contributed by atoms with E-state index in [0.717, 1.165) is 12.0 Å². The second-order valence-corrected chi connectivity index (χ2v) is 4.04. The third-order valence-corrected chi connectivity index (χ3v) is 2.42. The van der Waals surface area contributed by atoms with E-state index in [-0.39, 0.29) is 24.5 Å². The fourth-order valence-corrected chi connectivity index (χ4v) is 1.57. The van der Waals surface area contributed by atoms with Gasteiger partial charge in [-0.1, -0.05) is 0 Å². The van der Waals surface area contributed by atoms with Crippen molar-refractivity contribution in [2.75, 3.05) is 26.6 Å². The lowest BCUT2D eigenvalue weighted by atomic mass is 10.1. The molecule has 0 fully saturated rings. The maximum Gasteiger partial charge on any atom is 0.345 e. The number of methoxy groups -OCH3 is 1. The average Bonchev–Trinajstić information content (AvgIpc) is 2.38. The van der Waals surface area contributed by atoms with Gasteiger partial charge in [0.1, 0.15) is 5.57 Å². The molecule has 0 aliphatic carbocycles. The average molecular weight is 306 g/mol. The molecule has 0 spiro atoms. The first-order chi connectivity index (χ1) is 9.38. The van der Waals surface area contributed by atoms with Crippen LogP contribution in [0.4, 0.5) is 0 Å². The Morgan fingerprint density at radius 2 is 2.00 bits per heavy atom. The summed E-state index contributed by atoms with van der Waals surface area (Å²) in [4.78, 5) is 46.5. The number of nitrogens with two attached hydrogens (primary N) is 1. The van der Waals surface area contributed by atoms with Crippen LogP contribution in [0, 0.1) is 0 Å². The summed E-state index contributed by atoms with van der Waals surface area (Å²) in [6, 6.07) is 0. The van der Waals surface area contributed by atoms with Crippen molar-refractivity contribution in [2.24, 2.45) is 5.73 Å². The summed E-state index contributed by atoms with van der Waals surface area (Å²) in [5, 5.41) is 2.12. The van der Waals surface area contributed by atoms with Gasteiger partial charge in [0.25, 0.3) is 5.91 Å². The molecule has 0 heterocycles. The summed E-state index contributed by atoms with van der Waals surface area (Å²) in [5.74, 6) is -2.38. The smallest absolute Gasteiger partial charge is 0.345 e. The van der Waals surface area contributed by atoms with Gasteiger partial charge in [-0.05, 0) is 0 Å². The van der Waals surface area contributed by atoms with Crippen LogP contribution in [-0.4, -0.2) is 55.7 Å². The standard InChI is InChI=1S/C11H16ClN3O5/c1-15(4-3-12)10(18)9(11(19)20-2)7(14-6-16)5-8(13)17/h6H,3-5H2,1-2H3,(H2,13,17)(H,14,16)/b9-7+. The minimum atomic E-state index is -0.984. The lowest BCUT2D eigenvalue weighted by Crippen LogP contribution is -2.36. The number of hydrogen-bond acceptors (Lipinski definition) is 5. The molecule has 3 N–H and O–H groups in total. The third kappa shape index (κ3) is 5.27. The Hall–Kier alpha value is -2.09. The van der Waals surface area contributed by atoms with Gasteiger partial charge in [0.05, 0.1) is 13.5 Å². The molecule has 112 valence electrons. The van der Waals surface area contributed by atoms with Crippen LogP contribution in [0.15, 0.2) is 11.3 Å². The molecule has 0 aromatic carbocycles. The second-order valence-electron chi connectivity index (χ2n) is 3.67. The van der Waals surface area contributed by atoms with Crippen LogP contribution in [-0.2, 0) is 23.9 Å². The molecular formula is C11H16ClN3O5.